The molecule has 0 radical (unpaired) electrons. The fourth-order valence-corrected chi connectivity index (χ4v) is 4.30. The molecule has 2 rings (SSSR count). The van der Waals surface area contributed by atoms with Crippen LogP contribution >= 0.6 is 0 Å². The average Bonchev–Trinajstić information content (AvgIpc) is 2.99. The number of rotatable bonds is 7. The molecule has 2 saturated heterocycles. The van der Waals surface area contributed by atoms with Gasteiger partial charge in [0.1, 0.15) is 0 Å². The van der Waals surface area contributed by atoms with Crippen molar-refractivity contribution in [3.05, 3.63) is 0 Å². The minimum absolute atomic E-state index is 0.132. The first kappa shape index (κ1) is 15.2. The topological polar surface area (TPSA) is 76.7 Å². The number of hydrogen-bond acceptors (Lipinski definition) is 5. The first-order valence-corrected chi connectivity index (χ1v) is 8.50. The molecule has 0 saturated carbocycles. The molecule has 0 spiro atoms. The summed E-state index contributed by atoms with van der Waals surface area (Å²) in [6.45, 7) is 3.08. The van der Waals surface area contributed by atoms with Crippen LogP contribution in [-0.2, 0) is 19.5 Å². The zero-order chi connectivity index (χ0) is 13.8. The first-order chi connectivity index (χ1) is 9.05. The van der Waals surface area contributed by atoms with E-state index in [4.69, 9.17) is 9.47 Å². The molecule has 7 heteroatoms. The predicted molar refractivity (Wildman–Crippen MR) is 72.6 cm³/mol. The number of nitrogens with one attached hydrogen (secondary N) is 2. The highest BCUT2D eigenvalue weighted by Gasteiger charge is 2.35. The predicted octanol–water partition coefficient (Wildman–Crippen LogP) is -0.289. The van der Waals surface area contributed by atoms with E-state index in [2.05, 4.69) is 10.0 Å². The third kappa shape index (κ3) is 4.39. The van der Waals surface area contributed by atoms with Crippen molar-refractivity contribution in [2.75, 3.05) is 45.8 Å². The summed E-state index contributed by atoms with van der Waals surface area (Å²) in [7, 11) is -1.59. The van der Waals surface area contributed by atoms with Gasteiger partial charge in [0.15, 0.2) is 0 Å². The van der Waals surface area contributed by atoms with Crippen LogP contribution in [0, 0.1) is 5.92 Å². The van der Waals surface area contributed by atoms with Crippen molar-refractivity contribution in [3.8, 4) is 0 Å². The molecule has 0 aliphatic carbocycles. The van der Waals surface area contributed by atoms with Gasteiger partial charge in [0.25, 0.3) is 0 Å². The Labute approximate surface area is 115 Å². The lowest BCUT2D eigenvalue weighted by atomic mass is 9.99. The Balaban J connectivity index is 1.85. The minimum atomic E-state index is -3.23. The molecule has 2 heterocycles. The maximum Gasteiger partial charge on any atom is 0.212 e. The molecule has 2 atom stereocenters. The molecule has 0 aromatic rings. The van der Waals surface area contributed by atoms with E-state index in [1.54, 1.807) is 7.11 Å². The maximum atomic E-state index is 12.1. The standard InChI is InChI=1S/C12H24N2O4S/c1-17-10-12(4-2-5-13-12)9-14-19(15,16)8-11-3-6-18-7-11/h11,13-14H,2-10H2,1H3. The van der Waals surface area contributed by atoms with Gasteiger partial charge >= 0.3 is 0 Å². The van der Waals surface area contributed by atoms with Crippen LogP contribution in [0.2, 0.25) is 0 Å². The third-order valence-electron chi connectivity index (χ3n) is 3.86. The molecular formula is C12H24N2O4S. The molecular weight excluding hydrogens is 268 g/mol. The molecule has 0 amide bonds. The van der Waals surface area contributed by atoms with Crippen molar-refractivity contribution in [3.63, 3.8) is 0 Å². The van der Waals surface area contributed by atoms with E-state index in [-0.39, 0.29) is 17.2 Å². The van der Waals surface area contributed by atoms with E-state index < -0.39 is 10.0 Å². The second-order valence-electron chi connectivity index (χ2n) is 5.58. The SMILES string of the molecule is COCC1(CNS(=O)(=O)CC2CCOC2)CCCN1. The Hall–Kier alpha value is -0.210. The van der Waals surface area contributed by atoms with Gasteiger partial charge in [-0.3, -0.25) is 0 Å². The Morgan fingerprint density at radius 3 is 2.95 bits per heavy atom. The first-order valence-electron chi connectivity index (χ1n) is 6.84. The quantitative estimate of drug-likeness (QED) is 0.674. The van der Waals surface area contributed by atoms with Gasteiger partial charge in [-0.05, 0) is 31.7 Å². The van der Waals surface area contributed by atoms with Crippen LogP contribution in [-0.4, -0.2) is 59.7 Å². The third-order valence-corrected chi connectivity index (χ3v) is 5.36. The second kappa shape index (κ2) is 6.49. The molecule has 2 N–H and O–H groups in total. The number of sulfonamides is 1. The summed E-state index contributed by atoms with van der Waals surface area (Å²) in [6.07, 6.45) is 2.83. The van der Waals surface area contributed by atoms with E-state index in [1.807, 2.05) is 0 Å². The van der Waals surface area contributed by atoms with Crippen LogP contribution in [0.15, 0.2) is 0 Å². The molecule has 19 heavy (non-hydrogen) atoms. The van der Waals surface area contributed by atoms with Crippen molar-refractivity contribution >= 4 is 10.0 Å². The number of ether oxygens (including phenoxy) is 2. The van der Waals surface area contributed by atoms with Crippen LogP contribution < -0.4 is 10.0 Å². The summed E-state index contributed by atoms with van der Waals surface area (Å²) in [5.74, 6) is 0.295. The molecule has 112 valence electrons. The zero-order valence-corrected chi connectivity index (χ0v) is 12.3. The fraction of sp³-hybridized carbons (Fsp3) is 1.00. The monoisotopic (exact) mass is 292 g/mol. The zero-order valence-electron chi connectivity index (χ0n) is 11.5. The van der Waals surface area contributed by atoms with Gasteiger partial charge in [-0.25, -0.2) is 13.1 Å². The minimum Gasteiger partial charge on any atom is -0.383 e. The van der Waals surface area contributed by atoms with E-state index in [0.29, 0.717) is 26.4 Å². The average molecular weight is 292 g/mol. The molecule has 0 aromatic carbocycles. The van der Waals surface area contributed by atoms with Crippen molar-refractivity contribution in [1.29, 1.82) is 0 Å². The Morgan fingerprint density at radius 2 is 2.37 bits per heavy atom. The van der Waals surface area contributed by atoms with Gasteiger partial charge in [0, 0.05) is 20.3 Å². The van der Waals surface area contributed by atoms with E-state index >= 15 is 0 Å². The molecule has 2 unspecified atom stereocenters. The van der Waals surface area contributed by atoms with Crippen molar-refractivity contribution in [2.45, 2.75) is 24.8 Å². The highest BCUT2D eigenvalue weighted by Crippen LogP contribution is 2.20. The largest absolute Gasteiger partial charge is 0.383 e. The lowest BCUT2D eigenvalue weighted by Gasteiger charge is -2.29. The van der Waals surface area contributed by atoms with E-state index in [9.17, 15) is 8.42 Å². The van der Waals surface area contributed by atoms with Gasteiger partial charge in [-0.1, -0.05) is 0 Å². The Kier molecular flexibility index (Phi) is 5.19. The fourth-order valence-electron chi connectivity index (χ4n) is 2.80. The summed E-state index contributed by atoms with van der Waals surface area (Å²) < 4.78 is 37.3. The van der Waals surface area contributed by atoms with Crippen molar-refractivity contribution < 1.29 is 17.9 Å². The van der Waals surface area contributed by atoms with Crippen LogP contribution in [0.5, 0.6) is 0 Å². The van der Waals surface area contributed by atoms with Crippen molar-refractivity contribution in [1.82, 2.24) is 10.0 Å². The highest BCUT2D eigenvalue weighted by atomic mass is 32.2. The Bertz CT molecular complexity index is 373. The lowest BCUT2D eigenvalue weighted by molar-refractivity contribution is 0.122. The maximum absolute atomic E-state index is 12.1. The summed E-state index contributed by atoms with van der Waals surface area (Å²) in [6, 6.07) is 0. The number of methoxy groups -OCH3 is 1. The van der Waals surface area contributed by atoms with Gasteiger partial charge in [-0.2, -0.15) is 0 Å². The Morgan fingerprint density at radius 1 is 1.53 bits per heavy atom. The normalized spacial score (nSPS) is 31.9. The van der Waals surface area contributed by atoms with E-state index in [0.717, 1.165) is 25.8 Å². The molecule has 2 aliphatic rings. The van der Waals surface area contributed by atoms with Crippen LogP contribution in [0.25, 0.3) is 0 Å². The molecule has 6 nitrogen and oxygen atoms in total. The van der Waals surface area contributed by atoms with Crippen LogP contribution in [0.4, 0.5) is 0 Å². The second-order valence-corrected chi connectivity index (χ2v) is 7.43. The van der Waals surface area contributed by atoms with Crippen LogP contribution in [0.3, 0.4) is 0 Å². The summed E-state index contributed by atoms with van der Waals surface area (Å²) in [5, 5.41) is 3.36. The smallest absolute Gasteiger partial charge is 0.212 e. The molecule has 2 aliphatic heterocycles. The van der Waals surface area contributed by atoms with Crippen molar-refractivity contribution in [2.24, 2.45) is 5.92 Å². The summed E-state index contributed by atoms with van der Waals surface area (Å²) in [5.41, 5.74) is -0.242. The summed E-state index contributed by atoms with van der Waals surface area (Å²) >= 11 is 0. The van der Waals surface area contributed by atoms with Gasteiger partial charge < -0.3 is 14.8 Å². The highest BCUT2D eigenvalue weighted by molar-refractivity contribution is 7.89. The van der Waals surface area contributed by atoms with Gasteiger partial charge in [0.05, 0.1) is 24.5 Å². The molecule has 0 bridgehead atoms. The molecule has 2 fully saturated rings. The number of hydrogen-bond donors (Lipinski definition) is 2. The van der Waals surface area contributed by atoms with Crippen LogP contribution in [0.1, 0.15) is 19.3 Å². The van der Waals surface area contributed by atoms with Gasteiger partial charge in [0.2, 0.25) is 10.0 Å². The molecule has 0 aromatic heterocycles. The van der Waals surface area contributed by atoms with Gasteiger partial charge in [-0.15, -0.1) is 0 Å². The summed E-state index contributed by atoms with van der Waals surface area (Å²) in [4.78, 5) is 0. The lowest BCUT2D eigenvalue weighted by Crippen LogP contribution is -2.53. The van der Waals surface area contributed by atoms with E-state index in [1.165, 1.54) is 0 Å².